The zero-order chi connectivity index (χ0) is 13.2. The van der Waals surface area contributed by atoms with E-state index in [-0.39, 0.29) is 0 Å². The Hall–Kier alpha value is -1.02. The van der Waals surface area contributed by atoms with E-state index in [9.17, 15) is 0 Å². The van der Waals surface area contributed by atoms with E-state index < -0.39 is 0 Å². The van der Waals surface area contributed by atoms with Crippen LogP contribution in [-0.2, 0) is 0 Å². The molecule has 0 spiro atoms. The molecular weight excluding hydrogens is 222 g/mol. The lowest BCUT2D eigenvalue weighted by Crippen LogP contribution is -2.24. The molecule has 0 aromatic heterocycles. The summed E-state index contributed by atoms with van der Waals surface area (Å²) >= 11 is 0. The normalized spacial score (nSPS) is 20.7. The highest BCUT2D eigenvalue weighted by molar-refractivity contribution is 5.21. The van der Waals surface area contributed by atoms with Gasteiger partial charge >= 0.3 is 0 Å². The summed E-state index contributed by atoms with van der Waals surface area (Å²) in [7, 11) is 0. The van der Waals surface area contributed by atoms with Crippen LogP contribution in [0.15, 0.2) is 30.3 Å². The first-order chi connectivity index (χ1) is 8.46. The van der Waals surface area contributed by atoms with Crippen LogP contribution in [0.25, 0.3) is 0 Å². The van der Waals surface area contributed by atoms with Crippen LogP contribution in [0.4, 0.5) is 0 Å². The summed E-state index contributed by atoms with van der Waals surface area (Å²) in [6.07, 6.45) is 1.05. The molecular formula is C16H25NO. The third-order valence-corrected chi connectivity index (χ3v) is 4.70. The number of para-hydroxylation sites is 1. The van der Waals surface area contributed by atoms with E-state index in [4.69, 9.17) is 4.74 Å². The van der Waals surface area contributed by atoms with Crippen LogP contribution in [0.1, 0.15) is 34.1 Å². The summed E-state index contributed by atoms with van der Waals surface area (Å²) in [5.41, 5.74) is 0.848. The van der Waals surface area contributed by atoms with Crippen LogP contribution in [0.5, 0.6) is 5.75 Å². The second kappa shape index (κ2) is 4.93. The first kappa shape index (κ1) is 13.4. The van der Waals surface area contributed by atoms with Gasteiger partial charge in [0.1, 0.15) is 5.75 Å². The predicted octanol–water partition coefficient (Wildman–Crippen LogP) is 3.48. The van der Waals surface area contributed by atoms with Gasteiger partial charge in [-0.1, -0.05) is 45.9 Å². The highest BCUT2D eigenvalue weighted by atomic mass is 16.5. The minimum atomic E-state index is 0.424. The van der Waals surface area contributed by atoms with E-state index in [1.165, 1.54) is 0 Å². The largest absolute Gasteiger partial charge is 0.494 e. The maximum Gasteiger partial charge on any atom is 0.119 e. The Labute approximate surface area is 111 Å². The zero-order valence-electron chi connectivity index (χ0n) is 12.0. The van der Waals surface area contributed by atoms with Crippen molar-refractivity contribution in [1.82, 2.24) is 5.32 Å². The van der Waals surface area contributed by atoms with Crippen molar-refractivity contribution in [2.75, 3.05) is 13.2 Å². The lowest BCUT2D eigenvalue weighted by molar-refractivity contribution is 0.306. The monoisotopic (exact) mass is 247 g/mol. The molecule has 1 aliphatic carbocycles. The molecule has 0 bridgehead atoms. The molecule has 1 fully saturated rings. The topological polar surface area (TPSA) is 21.3 Å². The van der Waals surface area contributed by atoms with Gasteiger partial charge in [0.15, 0.2) is 0 Å². The highest BCUT2D eigenvalue weighted by Gasteiger charge is 2.64. The van der Waals surface area contributed by atoms with Gasteiger partial charge in [-0.2, -0.15) is 0 Å². The molecule has 100 valence electrons. The van der Waals surface area contributed by atoms with Crippen LogP contribution in [0.2, 0.25) is 0 Å². The summed E-state index contributed by atoms with van der Waals surface area (Å²) in [6.45, 7) is 11.2. The van der Waals surface area contributed by atoms with E-state index in [0.717, 1.165) is 25.3 Å². The zero-order valence-corrected chi connectivity index (χ0v) is 12.0. The maximum absolute atomic E-state index is 5.67. The molecule has 1 aromatic carbocycles. The fourth-order valence-corrected chi connectivity index (χ4v) is 2.73. The number of rotatable bonds is 6. The fraction of sp³-hybridized carbons (Fsp3) is 0.625. The quantitative estimate of drug-likeness (QED) is 0.777. The molecule has 1 aliphatic rings. The molecule has 0 aliphatic heterocycles. The smallest absolute Gasteiger partial charge is 0.119 e. The Bertz CT molecular complexity index is 369. The van der Waals surface area contributed by atoms with Crippen molar-refractivity contribution in [2.45, 2.75) is 40.2 Å². The summed E-state index contributed by atoms with van der Waals surface area (Å²) in [6, 6.07) is 10.7. The Morgan fingerprint density at radius 3 is 2.22 bits per heavy atom. The molecule has 1 aromatic rings. The average molecular weight is 247 g/mol. The number of ether oxygens (including phenoxy) is 1. The van der Waals surface area contributed by atoms with Gasteiger partial charge in [-0.3, -0.25) is 0 Å². The Morgan fingerprint density at radius 1 is 1.06 bits per heavy atom. The first-order valence-corrected chi connectivity index (χ1v) is 6.87. The van der Waals surface area contributed by atoms with Crippen molar-refractivity contribution in [3.8, 4) is 5.75 Å². The van der Waals surface area contributed by atoms with Gasteiger partial charge in [-0.25, -0.2) is 0 Å². The van der Waals surface area contributed by atoms with Gasteiger partial charge < -0.3 is 10.1 Å². The molecule has 0 atom stereocenters. The minimum Gasteiger partial charge on any atom is -0.494 e. The van der Waals surface area contributed by atoms with Gasteiger partial charge in [0.25, 0.3) is 0 Å². The van der Waals surface area contributed by atoms with Gasteiger partial charge in [-0.05, 0) is 35.9 Å². The predicted molar refractivity (Wildman–Crippen MR) is 75.9 cm³/mol. The lowest BCUT2D eigenvalue weighted by Gasteiger charge is -2.08. The molecule has 1 saturated carbocycles. The lowest BCUT2D eigenvalue weighted by atomic mass is 10.0. The molecule has 0 unspecified atom stereocenters. The third-order valence-electron chi connectivity index (χ3n) is 4.70. The van der Waals surface area contributed by atoms with Crippen LogP contribution >= 0.6 is 0 Å². The van der Waals surface area contributed by atoms with Crippen LogP contribution in [-0.4, -0.2) is 19.2 Å². The van der Waals surface area contributed by atoms with Gasteiger partial charge in [0, 0.05) is 6.04 Å². The number of nitrogens with one attached hydrogen (secondary N) is 1. The summed E-state index contributed by atoms with van der Waals surface area (Å²) in [4.78, 5) is 0. The third kappa shape index (κ3) is 2.54. The maximum atomic E-state index is 5.67. The van der Waals surface area contributed by atoms with E-state index in [2.05, 4.69) is 33.0 Å². The van der Waals surface area contributed by atoms with E-state index >= 15 is 0 Å². The van der Waals surface area contributed by atoms with Crippen LogP contribution < -0.4 is 10.1 Å². The molecule has 2 nitrogen and oxygen atoms in total. The highest BCUT2D eigenvalue weighted by Crippen LogP contribution is 2.62. The van der Waals surface area contributed by atoms with Crippen molar-refractivity contribution in [2.24, 2.45) is 10.8 Å². The SMILES string of the molecule is CC1(C)C(NCCCOc2ccccc2)C1(C)C. The standard InChI is InChI=1S/C16H25NO/c1-15(2)14(16(15,3)4)17-11-8-12-18-13-9-6-5-7-10-13/h5-7,9-10,14,17H,8,11-12H2,1-4H3. The second-order valence-electron chi connectivity index (χ2n) is 6.35. The molecule has 2 rings (SSSR count). The van der Waals surface area contributed by atoms with Gasteiger partial charge in [0.05, 0.1) is 6.61 Å². The molecule has 0 saturated heterocycles. The van der Waals surface area contributed by atoms with Crippen molar-refractivity contribution in [3.63, 3.8) is 0 Å². The minimum absolute atomic E-state index is 0.424. The van der Waals surface area contributed by atoms with E-state index in [1.807, 2.05) is 30.3 Å². The van der Waals surface area contributed by atoms with Crippen molar-refractivity contribution in [1.29, 1.82) is 0 Å². The van der Waals surface area contributed by atoms with E-state index in [1.54, 1.807) is 0 Å². The van der Waals surface area contributed by atoms with Gasteiger partial charge in [-0.15, -0.1) is 0 Å². The van der Waals surface area contributed by atoms with Gasteiger partial charge in [0.2, 0.25) is 0 Å². The summed E-state index contributed by atoms with van der Waals surface area (Å²) in [5, 5.41) is 3.64. The Balaban J connectivity index is 1.61. The number of hydrogen-bond acceptors (Lipinski definition) is 2. The molecule has 0 radical (unpaired) electrons. The first-order valence-electron chi connectivity index (χ1n) is 6.87. The molecule has 0 amide bonds. The number of hydrogen-bond donors (Lipinski definition) is 1. The van der Waals surface area contributed by atoms with Crippen molar-refractivity contribution in [3.05, 3.63) is 30.3 Å². The van der Waals surface area contributed by atoms with E-state index in [0.29, 0.717) is 16.9 Å². The Morgan fingerprint density at radius 2 is 1.67 bits per heavy atom. The molecule has 0 heterocycles. The molecule has 2 heteroatoms. The molecule has 18 heavy (non-hydrogen) atoms. The summed E-state index contributed by atoms with van der Waals surface area (Å²) < 4.78 is 5.67. The van der Waals surface area contributed by atoms with Crippen molar-refractivity contribution >= 4 is 0 Å². The van der Waals surface area contributed by atoms with Crippen LogP contribution in [0, 0.1) is 10.8 Å². The van der Waals surface area contributed by atoms with Crippen molar-refractivity contribution < 1.29 is 4.74 Å². The molecule has 1 N–H and O–H groups in total. The summed E-state index contributed by atoms with van der Waals surface area (Å²) in [5.74, 6) is 0.963. The number of benzene rings is 1. The average Bonchev–Trinajstić information content (AvgIpc) is 2.72. The second-order valence-corrected chi connectivity index (χ2v) is 6.35. The van der Waals surface area contributed by atoms with Crippen LogP contribution in [0.3, 0.4) is 0 Å². The fourth-order valence-electron chi connectivity index (χ4n) is 2.73. The Kier molecular flexibility index (Phi) is 3.67.